The maximum atomic E-state index is 9.29. The number of benzene rings is 2. The van der Waals surface area contributed by atoms with E-state index in [0.29, 0.717) is 23.3 Å². The molecule has 0 amide bonds. The van der Waals surface area contributed by atoms with Crippen LogP contribution in [0.5, 0.6) is 0 Å². The molecule has 0 aliphatic carbocycles. The van der Waals surface area contributed by atoms with E-state index in [0.717, 1.165) is 53.3 Å². The van der Waals surface area contributed by atoms with E-state index in [1.54, 1.807) is 18.5 Å². The van der Waals surface area contributed by atoms with Crippen LogP contribution >= 0.6 is 0 Å². The van der Waals surface area contributed by atoms with Crippen LogP contribution in [0.15, 0.2) is 97.3 Å². The zero-order valence-electron chi connectivity index (χ0n) is 25.1. The number of nitrogen functional groups attached to an aromatic ring is 1. The summed E-state index contributed by atoms with van der Waals surface area (Å²) in [6.45, 7) is 6.89. The fourth-order valence-electron chi connectivity index (χ4n) is 6.26. The van der Waals surface area contributed by atoms with Gasteiger partial charge in [-0.15, -0.1) is 0 Å². The first kappa shape index (κ1) is 28.1. The Balaban J connectivity index is 1.19. The van der Waals surface area contributed by atoms with Crippen LogP contribution in [0.4, 0.5) is 11.8 Å². The van der Waals surface area contributed by atoms with Gasteiger partial charge < -0.3 is 10.6 Å². The second kappa shape index (κ2) is 11.8. The van der Waals surface area contributed by atoms with E-state index in [4.69, 9.17) is 15.7 Å². The van der Waals surface area contributed by atoms with Crippen LogP contribution in [0.3, 0.4) is 0 Å². The molecule has 2 aromatic carbocycles. The normalized spacial score (nSPS) is 17.0. The van der Waals surface area contributed by atoms with Gasteiger partial charge in [0.15, 0.2) is 11.5 Å². The van der Waals surface area contributed by atoms with Crippen molar-refractivity contribution in [3.8, 4) is 34.4 Å². The summed E-state index contributed by atoms with van der Waals surface area (Å²) in [6.07, 6.45) is 3.34. The van der Waals surface area contributed by atoms with Gasteiger partial charge in [-0.05, 0) is 61.9 Å². The van der Waals surface area contributed by atoms with Crippen LogP contribution in [0.25, 0.3) is 39.5 Å². The number of nitriles is 1. The fraction of sp³-hybridized carbons (Fsp3) is 0.200. The third-order valence-corrected chi connectivity index (χ3v) is 8.24. The molecular weight excluding hydrogens is 560 g/mol. The van der Waals surface area contributed by atoms with Crippen molar-refractivity contribution < 1.29 is 0 Å². The third kappa shape index (κ3) is 5.46. The maximum absolute atomic E-state index is 9.29. The Hall–Kier alpha value is -5.66. The summed E-state index contributed by atoms with van der Waals surface area (Å²) in [7, 11) is 0. The lowest BCUT2D eigenvalue weighted by Crippen LogP contribution is -2.57. The van der Waals surface area contributed by atoms with Gasteiger partial charge in [0.2, 0.25) is 5.95 Å². The standard InChI is InChI=1S/C35H32N10/c1-23-20-43(21-24(2)44(23)35-39-18-16-27(19-36)40-35)22-25-10-12-28(13-11-25)45-33(29-9-6-17-38-32(29)37)42-31-15-14-30(41-34(31)45)26-7-4-3-5-8-26/h3-18,23-24H,20-22H2,1-2H3,(H2,37,38)/t23-,24-/m0/s1. The number of hydrogen-bond acceptors (Lipinski definition) is 9. The number of piperazine rings is 1. The van der Waals surface area contributed by atoms with Crippen molar-refractivity contribution in [3.63, 3.8) is 0 Å². The van der Waals surface area contributed by atoms with Crippen LogP contribution in [0.1, 0.15) is 25.1 Å². The van der Waals surface area contributed by atoms with Gasteiger partial charge in [-0.25, -0.2) is 24.9 Å². The zero-order valence-corrected chi connectivity index (χ0v) is 25.1. The van der Waals surface area contributed by atoms with Gasteiger partial charge in [-0.2, -0.15) is 5.26 Å². The number of anilines is 2. The van der Waals surface area contributed by atoms with Crippen molar-refractivity contribution in [1.82, 2.24) is 34.4 Å². The van der Waals surface area contributed by atoms with Crippen molar-refractivity contribution in [1.29, 1.82) is 5.26 Å². The molecule has 6 aromatic rings. The molecule has 2 atom stereocenters. The first-order valence-electron chi connectivity index (χ1n) is 15.0. The summed E-state index contributed by atoms with van der Waals surface area (Å²) >= 11 is 0. The van der Waals surface area contributed by atoms with E-state index in [2.05, 4.69) is 85.6 Å². The molecule has 7 rings (SSSR count). The molecular formula is C35H32N10. The van der Waals surface area contributed by atoms with Gasteiger partial charge in [0.05, 0.1) is 11.3 Å². The average molecular weight is 593 g/mol. The quantitative estimate of drug-likeness (QED) is 0.267. The van der Waals surface area contributed by atoms with Crippen LogP contribution in [-0.2, 0) is 6.54 Å². The van der Waals surface area contributed by atoms with Crippen molar-refractivity contribution >= 4 is 22.9 Å². The lowest BCUT2D eigenvalue weighted by molar-refractivity contribution is 0.191. The van der Waals surface area contributed by atoms with Gasteiger partial charge in [-0.3, -0.25) is 9.47 Å². The molecule has 45 heavy (non-hydrogen) atoms. The third-order valence-electron chi connectivity index (χ3n) is 8.24. The summed E-state index contributed by atoms with van der Waals surface area (Å²) < 4.78 is 2.07. The molecule has 1 aliphatic rings. The van der Waals surface area contributed by atoms with Gasteiger partial charge >= 0.3 is 0 Å². The molecule has 5 heterocycles. The van der Waals surface area contributed by atoms with Crippen LogP contribution < -0.4 is 10.6 Å². The largest absolute Gasteiger partial charge is 0.383 e. The topological polar surface area (TPSA) is 126 Å². The van der Waals surface area contributed by atoms with E-state index in [-0.39, 0.29) is 12.1 Å². The number of nitrogens with two attached hydrogens (primary N) is 1. The van der Waals surface area contributed by atoms with E-state index in [1.807, 2.05) is 42.5 Å². The van der Waals surface area contributed by atoms with Crippen molar-refractivity contribution in [3.05, 3.63) is 109 Å². The highest BCUT2D eigenvalue weighted by Gasteiger charge is 2.31. The number of pyridine rings is 2. The summed E-state index contributed by atoms with van der Waals surface area (Å²) in [5.74, 6) is 1.73. The molecule has 222 valence electrons. The highest BCUT2D eigenvalue weighted by atomic mass is 15.4. The number of hydrogen-bond donors (Lipinski definition) is 1. The number of nitrogens with zero attached hydrogens (tertiary/aromatic N) is 9. The Morgan fingerprint density at radius 2 is 1.60 bits per heavy atom. The summed E-state index contributed by atoms with van der Waals surface area (Å²) in [5.41, 5.74) is 13.1. The SMILES string of the molecule is C[C@H]1CN(Cc2ccc(-n3c(-c4cccnc4N)nc4ccc(-c5ccccc5)nc43)cc2)C[C@H](C)N1c1nccc(C#N)n1. The second-order valence-corrected chi connectivity index (χ2v) is 11.4. The van der Waals surface area contributed by atoms with Crippen LogP contribution in [0.2, 0.25) is 0 Å². The molecule has 1 aliphatic heterocycles. The van der Waals surface area contributed by atoms with Gasteiger partial charge in [-0.1, -0.05) is 42.5 Å². The predicted octanol–water partition coefficient (Wildman–Crippen LogP) is 5.49. The predicted molar refractivity (Wildman–Crippen MR) is 175 cm³/mol. The molecule has 0 spiro atoms. The first-order chi connectivity index (χ1) is 22.0. The Bertz CT molecular complexity index is 2000. The first-order valence-corrected chi connectivity index (χ1v) is 15.0. The Morgan fingerprint density at radius 1 is 0.822 bits per heavy atom. The number of imidazole rings is 1. The molecule has 2 N–H and O–H groups in total. The van der Waals surface area contributed by atoms with Crippen LogP contribution in [0, 0.1) is 11.3 Å². The molecule has 10 heteroatoms. The van der Waals surface area contributed by atoms with E-state index in [9.17, 15) is 5.26 Å². The molecule has 1 fully saturated rings. The molecule has 0 bridgehead atoms. The van der Waals surface area contributed by atoms with E-state index >= 15 is 0 Å². The smallest absolute Gasteiger partial charge is 0.227 e. The summed E-state index contributed by atoms with van der Waals surface area (Å²) in [5, 5.41) is 9.29. The maximum Gasteiger partial charge on any atom is 0.227 e. The van der Waals surface area contributed by atoms with Crippen molar-refractivity contribution in [2.45, 2.75) is 32.5 Å². The minimum absolute atomic E-state index is 0.191. The number of rotatable bonds is 6. The van der Waals surface area contributed by atoms with Crippen LogP contribution in [-0.4, -0.2) is 59.6 Å². The van der Waals surface area contributed by atoms with Gasteiger partial charge in [0.1, 0.15) is 23.1 Å². The lowest BCUT2D eigenvalue weighted by atomic mass is 10.1. The Labute approximate surface area is 261 Å². The highest BCUT2D eigenvalue weighted by molar-refractivity contribution is 5.84. The monoisotopic (exact) mass is 592 g/mol. The van der Waals surface area contributed by atoms with E-state index < -0.39 is 0 Å². The number of fused-ring (bicyclic) bond motifs is 1. The molecule has 0 radical (unpaired) electrons. The average Bonchev–Trinajstić information content (AvgIpc) is 3.44. The van der Waals surface area contributed by atoms with Gasteiger partial charge in [0.25, 0.3) is 0 Å². The van der Waals surface area contributed by atoms with Crippen molar-refractivity contribution in [2.75, 3.05) is 23.7 Å². The Morgan fingerprint density at radius 3 is 2.33 bits per heavy atom. The highest BCUT2D eigenvalue weighted by Crippen LogP contribution is 2.32. The molecule has 0 unspecified atom stereocenters. The molecule has 0 saturated carbocycles. The zero-order chi connectivity index (χ0) is 30.9. The second-order valence-electron chi connectivity index (χ2n) is 11.4. The molecule has 1 saturated heterocycles. The molecule has 4 aromatic heterocycles. The Kier molecular flexibility index (Phi) is 7.37. The van der Waals surface area contributed by atoms with Crippen molar-refractivity contribution in [2.24, 2.45) is 0 Å². The molecule has 10 nitrogen and oxygen atoms in total. The summed E-state index contributed by atoms with van der Waals surface area (Å²) in [4.78, 5) is 27.9. The van der Waals surface area contributed by atoms with E-state index in [1.165, 1.54) is 5.56 Å². The fourth-order valence-corrected chi connectivity index (χ4v) is 6.26. The van der Waals surface area contributed by atoms with Gasteiger partial charge in [0, 0.05) is 55.4 Å². The lowest BCUT2D eigenvalue weighted by Gasteiger charge is -2.44. The minimum atomic E-state index is 0.191. The summed E-state index contributed by atoms with van der Waals surface area (Å²) in [6, 6.07) is 30.7. The number of aromatic nitrogens is 6. The minimum Gasteiger partial charge on any atom is -0.383 e.